The summed E-state index contributed by atoms with van der Waals surface area (Å²) in [4.78, 5) is 26.5. The Morgan fingerprint density at radius 1 is 1.07 bits per heavy atom. The molecule has 28 heavy (non-hydrogen) atoms. The lowest BCUT2D eigenvalue weighted by Crippen LogP contribution is -2.42. The van der Waals surface area contributed by atoms with Gasteiger partial charge in [-0.1, -0.05) is 42.5 Å². The van der Waals surface area contributed by atoms with Crippen LogP contribution in [0.4, 0.5) is 5.69 Å². The summed E-state index contributed by atoms with van der Waals surface area (Å²) in [6.45, 7) is 0.00224. The summed E-state index contributed by atoms with van der Waals surface area (Å²) >= 11 is 0. The molecule has 9 heteroatoms. The molecule has 0 saturated carbocycles. The van der Waals surface area contributed by atoms with Crippen molar-refractivity contribution < 1.29 is 18.0 Å². The van der Waals surface area contributed by atoms with Crippen LogP contribution in [-0.4, -0.2) is 51.6 Å². The highest BCUT2D eigenvalue weighted by atomic mass is 32.2. The lowest BCUT2D eigenvalue weighted by atomic mass is 9.97. The van der Waals surface area contributed by atoms with Crippen LogP contribution in [0.1, 0.15) is 11.5 Å². The number of rotatable bonds is 5. The number of amidine groups is 1. The summed E-state index contributed by atoms with van der Waals surface area (Å²) in [7, 11) is -0.697. The maximum Gasteiger partial charge on any atom is 0.287 e. The van der Waals surface area contributed by atoms with E-state index in [0.717, 1.165) is 5.56 Å². The van der Waals surface area contributed by atoms with E-state index in [4.69, 9.17) is 0 Å². The minimum Gasteiger partial charge on any atom is -0.348 e. The summed E-state index contributed by atoms with van der Waals surface area (Å²) in [5.74, 6) is -1.82. The second-order valence-corrected chi connectivity index (χ2v) is 8.01. The van der Waals surface area contributed by atoms with Gasteiger partial charge in [-0.25, -0.2) is 0 Å². The third kappa shape index (κ3) is 4.04. The topological polar surface area (TPSA) is 108 Å². The Labute approximate surface area is 163 Å². The smallest absolute Gasteiger partial charge is 0.287 e. The number of likely N-dealkylation sites (N-methyl/N-ethyl adjacent to an activating group) is 1. The summed E-state index contributed by atoms with van der Waals surface area (Å²) in [5, 5.41) is 5.34. The first-order chi connectivity index (χ1) is 13.3. The molecule has 0 spiro atoms. The molecule has 1 aliphatic heterocycles. The summed E-state index contributed by atoms with van der Waals surface area (Å²) in [6, 6.07) is 15.3. The lowest BCUT2D eigenvalue weighted by molar-refractivity contribution is -0.130. The molecule has 0 saturated heterocycles. The highest BCUT2D eigenvalue weighted by molar-refractivity contribution is 7.90. The summed E-state index contributed by atoms with van der Waals surface area (Å²) in [5.41, 5.74) is 1.03. The fraction of sp³-hybridized carbons (Fsp3) is 0.211. The number of sulfonamides is 1. The Kier molecular flexibility index (Phi) is 5.46. The maximum atomic E-state index is 12.5. The Balaban J connectivity index is 1.79. The number of nitrogens with one attached hydrogen (secondary N) is 2. The van der Waals surface area contributed by atoms with E-state index in [1.807, 2.05) is 18.2 Å². The van der Waals surface area contributed by atoms with Crippen molar-refractivity contribution in [2.75, 3.05) is 26.0 Å². The first-order valence-electron chi connectivity index (χ1n) is 8.55. The first kappa shape index (κ1) is 19.6. The standard InChI is InChI=1S/C19H20N4O4S/c1-23(2)19(25)14(13-8-4-3-5-9-13)12-20-18(24)17-21-15-10-6-7-11-16(15)28(26,27)22-17/h3-11,14H,12H2,1-2H3,(H,20,24)(H,21,22). The summed E-state index contributed by atoms with van der Waals surface area (Å²) in [6.07, 6.45) is 0. The molecule has 146 valence electrons. The van der Waals surface area contributed by atoms with E-state index in [0.29, 0.717) is 0 Å². The van der Waals surface area contributed by atoms with Crippen LogP contribution in [0.5, 0.6) is 0 Å². The van der Waals surface area contributed by atoms with Crippen LogP contribution in [0.15, 0.2) is 63.9 Å². The van der Waals surface area contributed by atoms with Gasteiger partial charge in [0, 0.05) is 20.6 Å². The molecule has 3 rings (SSSR count). The molecule has 8 nitrogen and oxygen atoms in total. The number of hydrogen-bond donors (Lipinski definition) is 2. The van der Waals surface area contributed by atoms with Crippen LogP contribution in [0.25, 0.3) is 0 Å². The van der Waals surface area contributed by atoms with Gasteiger partial charge in [0.05, 0.1) is 11.6 Å². The average molecular weight is 400 g/mol. The Morgan fingerprint density at radius 2 is 1.71 bits per heavy atom. The molecule has 0 aromatic heterocycles. The van der Waals surface area contributed by atoms with Crippen LogP contribution in [0.3, 0.4) is 0 Å². The van der Waals surface area contributed by atoms with E-state index < -0.39 is 21.8 Å². The van der Waals surface area contributed by atoms with Crippen LogP contribution in [-0.2, 0) is 19.6 Å². The second kappa shape index (κ2) is 7.81. The quantitative estimate of drug-likeness (QED) is 0.784. The van der Waals surface area contributed by atoms with Gasteiger partial charge in [-0.2, -0.15) is 8.42 Å². The number of amides is 2. The lowest BCUT2D eigenvalue weighted by Gasteiger charge is -2.22. The number of fused-ring (bicyclic) bond motifs is 1. The minimum absolute atomic E-state index is 0.00224. The van der Waals surface area contributed by atoms with Crippen LogP contribution in [0.2, 0.25) is 0 Å². The maximum absolute atomic E-state index is 12.5. The minimum atomic E-state index is -3.97. The third-order valence-corrected chi connectivity index (χ3v) is 5.59. The number of nitrogens with zero attached hydrogens (tertiary/aromatic N) is 2. The van der Waals surface area contributed by atoms with E-state index in [1.165, 1.54) is 11.0 Å². The number of hydrogen-bond acceptors (Lipinski definition) is 5. The molecule has 2 aromatic rings. The molecule has 0 aliphatic carbocycles. The SMILES string of the molecule is CN(C)C(=O)C(CNC(=O)C1=NS(=O)(=O)c2ccccc2N1)c1ccccc1. The first-order valence-corrected chi connectivity index (χ1v) is 9.99. The largest absolute Gasteiger partial charge is 0.348 e. The van der Waals surface area contributed by atoms with E-state index in [-0.39, 0.29) is 28.9 Å². The monoisotopic (exact) mass is 400 g/mol. The predicted molar refractivity (Wildman–Crippen MR) is 106 cm³/mol. The molecule has 2 N–H and O–H groups in total. The molecule has 2 aromatic carbocycles. The van der Waals surface area contributed by atoms with Crippen LogP contribution in [0, 0.1) is 0 Å². The predicted octanol–water partition coefficient (Wildman–Crippen LogP) is 1.19. The van der Waals surface area contributed by atoms with E-state index in [2.05, 4.69) is 15.0 Å². The highest BCUT2D eigenvalue weighted by Gasteiger charge is 2.29. The Hall–Kier alpha value is -3.20. The molecule has 1 atom stereocenters. The van der Waals surface area contributed by atoms with Gasteiger partial charge in [-0.05, 0) is 17.7 Å². The van der Waals surface area contributed by atoms with E-state index in [1.54, 1.807) is 44.4 Å². The van der Waals surface area contributed by atoms with Crippen molar-refractivity contribution in [1.29, 1.82) is 0 Å². The Morgan fingerprint density at radius 3 is 2.39 bits per heavy atom. The van der Waals surface area contributed by atoms with Crippen LogP contribution >= 0.6 is 0 Å². The molecule has 0 radical (unpaired) electrons. The van der Waals surface area contributed by atoms with Gasteiger partial charge in [-0.3, -0.25) is 9.59 Å². The molecule has 1 aliphatic rings. The highest BCUT2D eigenvalue weighted by Crippen LogP contribution is 2.26. The fourth-order valence-electron chi connectivity index (χ4n) is 2.84. The third-order valence-electron chi connectivity index (χ3n) is 4.25. The van der Waals surface area contributed by atoms with Gasteiger partial charge >= 0.3 is 0 Å². The molecule has 0 fully saturated rings. The Bertz CT molecular complexity index is 1030. The normalized spacial score (nSPS) is 15.4. The molecule has 1 heterocycles. The number of para-hydroxylation sites is 1. The van der Waals surface area contributed by atoms with Crippen molar-refractivity contribution in [3.63, 3.8) is 0 Å². The van der Waals surface area contributed by atoms with Gasteiger partial charge in [0.15, 0.2) is 0 Å². The van der Waals surface area contributed by atoms with Gasteiger partial charge in [0.1, 0.15) is 4.90 Å². The van der Waals surface area contributed by atoms with Crippen molar-refractivity contribution >= 4 is 33.4 Å². The average Bonchev–Trinajstić information content (AvgIpc) is 2.68. The second-order valence-electron chi connectivity index (χ2n) is 6.44. The number of benzene rings is 2. The van der Waals surface area contributed by atoms with Crippen molar-refractivity contribution in [1.82, 2.24) is 10.2 Å². The van der Waals surface area contributed by atoms with Crippen molar-refractivity contribution in [2.24, 2.45) is 4.40 Å². The zero-order valence-corrected chi connectivity index (χ0v) is 16.2. The summed E-state index contributed by atoms with van der Waals surface area (Å²) < 4.78 is 28.1. The molecule has 1 unspecified atom stereocenters. The zero-order valence-electron chi connectivity index (χ0n) is 15.4. The molecule has 0 bridgehead atoms. The molecular formula is C19H20N4O4S. The molecular weight excluding hydrogens is 380 g/mol. The fourth-order valence-corrected chi connectivity index (χ4v) is 3.95. The van der Waals surface area contributed by atoms with Crippen LogP contribution < -0.4 is 10.6 Å². The zero-order chi connectivity index (χ0) is 20.3. The van der Waals surface area contributed by atoms with E-state index >= 15 is 0 Å². The number of carbonyl (C=O) groups excluding carboxylic acids is 2. The number of carbonyl (C=O) groups is 2. The number of anilines is 1. The van der Waals surface area contributed by atoms with Crippen molar-refractivity contribution in [2.45, 2.75) is 10.8 Å². The van der Waals surface area contributed by atoms with Gasteiger partial charge in [0.25, 0.3) is 15.9 Å². The van der Waals surface area contributed by atoms with Crippen molar-refractivity contribution in [3.05, 3.63) is 60.2 Å². The van der Waals surface area contributed by atoms with Gasteiger partial charge in [-0.15, -0.1) is 4.40 Å². The van der Waals surface area contributed by atoms with Crippen molar-refractivity contribution in [3.8, 4) is 0 Å². The van der Waals surface area contributed by atoms with E-state index in [9.17, 15) is 18.0 Å². The van der Waals surface area contributed by atoms with Gasteiger partial charge < -0.3 is 15.5 Å². The van der Waals surface area contributed by atoms with Gasteiger partial charge in [0.2, 0.25) is 11.7 Å². The molecule has 2 amide bonds.